The average Bonchev–Trinajstić information content (AvgIpc) is 2.39. The molecule has 0 aliphatic heterocycles. The monoisotopic (exact) mass is 268 g/mol. The quantitative estimate of drug-likeness (QED) is 0.623. The molecule has 1 aromatic carbocycles. The summed E-state index contributed by atoms with van der Waals surface area (Å²) in [6, 6.07) is 7.72. The van der Waals surface area contributed by atoms with E-state index in [0.29, 0.717) is 19.6 Å². The molecule has 1 unspecified atom stereocenters. The van der Waals surface area contributed by atoms with Crippen molar-refractivity contribution in [2.24, 2.45) is 0 Å². The third kappa shape index (κ3) is 5.16. The van der Waals surface area contributed by atoms with Gasteiger partial charge in [0, 0.05) is 39.4 Å². The minimum absolute atomic E-state index is 0.0201. The van der Waals surface area contributed by atoms with E-state index in [-0.39, 0.29) is 13.2 Å². The lowest BCUT2D eigenvalue weighted by Gasteiger charge is -2.24. The van der Waals surface area contributed by atoms with Crippen molar-refractivity contribution in [3.8, 4) is 0 Å². The second kappa shape index (κ2) is 8.12. The number of hydrogen-bond acceptors (Lipinski definition) is 5. The van der Waals surface area contributed by atoms with Gasteiger partial charge >= 0.3 is 0 Å². The highest BCUT2D eigenvalue weighted by atomic mass is 16.3. The van der Waals surface area contributed by atoms with Crippen LogP contribution in [0.25, 0.3) is 0 Å². The van der Waals surface area contributed by atoms with Crippen molar-refractivity contribution in [2.75, 3.05) is 51.8 Å². The molecule has 5 nitrogen and oxygen atoms in total. The fraction of sp³-hybridized carbons (Fsp3) is 0.571. The molecular formula is C14H24N2O3. The van der Waals surface area contributed by atoms with Gasteiger partial charge in [-0.3, -0.25) is 4.90 Å². The third-order valence-electron chi connectivity index (χ3n) is 3.06. The van der Waals surface area contributed by atoms with E-state index in [2.05, 4.69) is 0 Å². The minimum atomic E-state index is -0.616. The van der Waals surface area contributed by atoms with Gasteiger partial charge in [0.2, 0.25) is 0 Å². The highest BCUT2D eigenvalue weighted by Gasteiger charge is 2.13. The number of rotatable bonds is 8. The van der Waals surface area contributed by atoms with Crippen LogP contribution in [0, 0.1) is 0 Å². The lowest BCUT2D eigenvalue weighted by molar-refractivity contribution is 0.0874. The molecule has 0 amide bonds. The average molecular weight is 268 g/mol. The van der Waals surface area contributed by atoms with Crippen molar-refractivity contribution in [3.05, 3.63) is 29.8 Å². The summed E-state index contributed by atoms with van der Waals surface area (Å²) in [6.45, 7) is 1.35. The molecule has 0 radical (unpaired) electrons. The molecule has 1 aromatic rings. The van der Waals surface area contributed by atoms with E-state index in [1.807, 2.05) is 48.2 Å². The predicted molar refractivity (Wildman–Crippen MR) is 76.3 cm³/mol. The fourth-order valence-electron chi connectivity index (χ4n) is 1.92. The van der Waals surface area contributed by atoms with Crippen LogP contribution < -0.4 is 4.90 Å². The first kappa shape index (κ1) is 15.9. The second-order valence-corrected chi connectivity index (χ2v) is 4.75. The fourth-order valence-corrected chi connectivity index (χ4v) is 1.92. The van der Waals surface area contributed by atoms with Crippen LogP contribution in [0.1, 0.15) is 11.7 Å². The summed E-state index contributed by atoms with van der Waals surface area (Å²) >= 11 is 0. The van der Waals surface area contributed by atoms with Crippen molar-refractivity contribution >= 4 is 5.69 Å². The molecule has 0 bridgehead atoms. The van der Waals surface area contributed by atoms with Crippen molar-refractivity contribution < 1.29 is 15.3 Å². The Bertz CT molecular complexity index is 348. The van der Waals surface area contributed by atoms with Crippen molar-refractivity contribution in [1.29, 1.82) is 0 Å². The maximum absolute atomic E-state index is 10.2. The second-order valence-electron chi connectivity index (χ2n) is 4.75. The van der Waals surface area contributed by atoms with E-state index in [1.165, 1.54) is 0 Å². The van der Waals surface area contributed by atoms with Gasteiger partial charge in [-0.05, 0) is 17.7 Å². The van der Waals surface area contributed by atoms with E-state index in [4.69, 9.17) is 10.2 Å². The first-order valence-corrected chi connectivity index (χ1v) is 6.48. The van der Waals surface area contributed by atoms with Crippen LogP contribution in [0.4, 0.5) is 5.69 Å². The molecule has 0 aliphatic rings. The molecule has 1 rings (SSSR count). The van der Waals surface area contributed by atoms with E-state index in [1.54, 1.807) is 0 Å². The van der Waals surface area contributed by atoms with Crippen LogP contribution in [-0.2, 0) is 0 Å². The number of nitrogens with zero attached hydrogens (tertiary/aromatic N) is 2. The van der Waals surface area contributed by atoms with E-state index < -0.39 is 6.10 Å². The van der Waals surface area contributed by atoms with E-state index in [9.17, 15) is 5.11 Å². The Hall–Kier alpha value is -1.14. The van der Waals surface area contributed by atoms with Gasteiger partial charge < -0.3 is 20.2 Å². The summed E-state index contributed by atoms with van der Waals surface area (Å²) in [4.78, 5) is 3.84. The molecule has 19 heavy (non-hydrogen) atoms. The molecule has 1 atom stereocenters. The van der Waals surface area contributed by atoms with Crippen LogP contribution in [-0.4, -0.2) is 67.2 Å². The Balaban J connectivity index is 2.62. The Labute approximate surface area is 114 Å². The predicted octanol–water partition coefficient (Wildman–Crippen LogP) is 0.0726. The molecule has 0 saturated heterocycles. The van der Waals surface area contributed by atoms with Gasteiger partial charge in [-0.15, -0.1) is 0 Å². The van der Waals surface area contributed by atoms with Crippen LogP contribution in [0.3, 0.4) is 0 Å². The van der Waals surface area contributed by atoms with Crippen LogP contribution in [0.15, 0.2) is 24.3 Å². The van der Waals surface area contributed by atoms with Gasteiger partial charge in [-0.25, -0.2) is 0 Å². The Morgan fingerprint density at radius 1 is 1.00 bits per heavy atom. The topological polar surface area (TPSA) is 67.2 Å². The molecule has 0 heterocycles. The zero-order valence-corrected chi connectivity index (χ0v) is 11.7. The third-order valence-corrected chi connectivity index (χ3v) is 3.06. The number of anilines is 1. The molecule has 0 aromatic heterocycles. The molecule has 0 spiro atoms. The van der Waals surface area contributed by atoms with Crippen molar-refractivity contribution in [1.82, 2.24) is 4.90 Å². The molecule has 0 fully saturated rings. The summed E-state index contributed by atoms with van der Waals surface area (Å²) in [7, 11) is 3.94. The van der Waals surface area contributed by atoms with Gasteiger partial charge in [0.15, 0.2) is 0 Å². The van der Waals surface area contributed by atoms with E-state index in [0.717, 1.165) is 11.3 Å². The van der Waals surface area contributed by atoms with Crippen LogP contribution in [0.2, 0.25) is 0 Å². The lowest BCUT2D eigenvalue weighted by Crippen LogP contribution is -2.33. The standard InChI is InChI=1S/C14H24N2O3/c1-15(2)13-5-3-12(4-6-13)14(19)11-16(7-9-17)8-10-18/h3-6,14,17-19H,7-11H2,1-2H3. The minimum Gasteiger partial charge on any atom is -0.395 e. The summed E-state index contributed by atoms with van der Waals surface area (Å²) in [6.07, 6.45) is -0.616. The molecular weight excluding hydrogens is 244 g/mol. The highest BCUT2D eigenvalue weighted by molar-refractivity contribution is 5.46. The van der Waals surface area contributed by atoms with Crippen LogP contribution >= 0.6 is 0 Å². The summed E-state index contributed by atoms with van der Waals surface area (Å²) in [5, 5.41) is 28.0. The summed E-state index contributed by atoms with van der Waals surface area (Å²) in [5.41, 5.74) is 1.92. The number of aliphatic hydroxyl groups excluding tert-OH is 3. The first-order valence-electron chi connectivity index (χ1n) is 6.48. The van der Waals surface area contributed by atoms with Gasteiger partial charge in [0.05, 0.1) is 19.3 Å². The van der Waals surface area contributed by atoms with Crippen LogP contribution in [0.5, 0.6) is 0 Å². The zero-order chi connectivity index (χ0) is 14.3. The van der Waals surface area contributed by atoms with Gasteiger partial charge in [0.25, 0.3) is 0 Å². The summed E-state index contributed by atoms with van der Waals surface area (Å²) in [5.74, 6) is 0. The summed E-state index contributed by atoms with van der Waals surface area (Å²) < 4.78 is 0. The first-order chi connectivity index (χ1) is 9.08. The van der Waals surface area contributed by atoms with Crippen molar-refractivity contribution in [3.63, 3.8) is 0 Å². The van der Waals surface area contributed by atoms with Gasteiger partial charge in [-0.1, -0.05) is 12.1 Å². The smallest absolute Gasteiger partial charge is 0.0916 e. The Morgan fingerprint density at radius 3 is 1.95 bits per heavy atom. The Kier molecular flexibility index (Phi) is 6.80. The molecule has 3 N–H and O–H groups in total. The highest BCUT2D eigenvalue weighted by Crippen LogP contribution is 2.18. The SMILES string of the molecule is CN(C)c1ccc(C(O)CN(CCO)CCO)cc1. The Morgan fingerprint density at radius 2 is 1.53 bits per heavy atom. The molecule has 108 valence electrons. The largest absolute Gasteiger partial charge is 0.395 e. The van der Waals surface area contributed by atoms with Crippen molar-refractivity contribution in [2.45, 2.75) is 6.10 Å². The van der Waals surface area contributed by atoms with E-state index >= 15 is 0 Å². The zero-order valence-electron chi connectivity index (χ0n) is 11.7. The van der Waals surface area contributed by atoms with Gasteiger partial charge in [-0.2, -0.15) is 0 Å². The molecule has 0 aliphatic carbocycles. The maximum atomic E-state index is 10.2. The maximum Gasteiger partial charge on any atom is 0.0916 e. The lowest BCUT2D eigenvalue weighted by atomic mass is 10.1. The normalized spacial score (nSPS) is 12.7. The molecule has 0 saturated carbocycles. The van der Waals surface area contributed by atoms with Gasteiger partial charge in [0.1, 0.15) is 0 Å². The number of aliphatic hydroxyl groups is 3. The number of benzene rings is 1. The number of hydrogen-bond donors (Lipinski definition) is 3. The molecule has 5 heteroatoms.